The summed E-state index contributed by atoms with van der Waals surface area (Å²) >= 11 is 5.44. The number of nitrogens with zero attached hydrogens (tertiary/aromatic N) is 1. The molecule has 1 aliphatic carbocycles. The van der Waals surface area contributed by atoms with Crippen LogP contribution in [0.2, 0.25) is 0 Å². The Morgan fingerprint density at radius 1 is 1.37 bits per heavy atom. The third-order valence-corrected chi connectivity index (χ3v) is 4.32. The fourth-order valence-corrected chi connectivity index (χ4v) is 3.14. The van der Waals surface area contributed by atoms with E-state index >= 15 is 0 Å². The molecule has 104 valence electrons. The van der Waals surface area contributed by atoms with Gasteiger partial charge in [0.05, 0.1) is 0 Å². The predicted octanol–water partition coefficient (Wildman–Crippen LogP) is 3.65. The first-order chi connectivity index (χ1) is 9.02. The van der Waals surface area contributed by atoms with Gasteiger partial charge in [0.25, 0.3) is 0 Å². The minimum absolute atomic E-state index is 0.161. The molecule has 1 heterocycles. The number of aryl methyl sites for hydroxylation is 1. The van der Waals surface area contributed by atoms with Gasteiger partial charge in [-0.2, -0.15) is 0 Å². The lowest BCUT2D eigenvalue weighted by atomic mass is 9.85. The van der Waals surface area contributed by atoms with Crippen molar-refractivity contribution >= 4 is 23.1 Å². The van der Waals surface area contributed by atoms with Crippen LogP contribution in [0.1, 0.15) is 45.1 Å². The summed E-state index contributed by atoms with van der Waals surface area (Å²) < 4.78 is 0. The van der Waals surface area contributed by atoms with Gasteiger partial charge in [-0.25, -0.2) is 4.98 Å². The first-order valence-electron chi connectivity index (χ1n) is 7.04. The van der Waals surface area contributed by atoms with Crippen LogP contribution in [0.5, 0.6) is 0 Å². The molecule has 1 aromatic rings. The van der Waals surface area contributed by atoms with Crippen molar-refractivity contribution < 1.29 is 0 Å². The van der Waals surface area contributed by atoms with Crippen molar-refractivity contribution in [3.8, 4) is 0 Å². The highest BCUT2D eigenvalue weighted by molar-refractivity contribution is 7.80. The van der Waals surface area contributed by atoms with Crippen LogP contribution in [0.3, 0.4) is 0 Å². The van der Waals surface area contributed by atoms with Crippen molar-refractivity contribution in [3.63, 3.8) is 0 Å². The SMILES string of the molecule is Cc1ccnc(NC(=S)NC2(C(C)C)CCCC2)c1. The molecule has 2 N–H and O–H groups in total. The van der Waals surface area contributed by atoms with Gasteiger partial charge in [0, 0.05) is 11.7 Å². The lowest BCUT2D eigenvalue weighted by Gasteiger charge is -2.35. The van der Waals surface area contributed by atoms with Crippen molar-refractivity contribution in [2.75, 3.05) is 5.32 Å². The van der Waals surface area contributed by atoms with Gasteiger partial charge in [0.15, 0.2) is 5.11 Å². The lowest BCUT2D eigenvalue weighted by Crippen LogP contribution is -2.51. The van der Waals surface area contributed by atoms with E-state index in [-0.39, 0.29) is 5.54 Å². The molecule has 1 fully saturated rings. The van der Waals surface area contributed by atoms with Gasteiger partial charge >= 0.3 is 0 Å². The molecule has 3 nitrogen and oxygen atoms in total. The molecule has 0 spiro atoms. The van der Waals surface area contributed by atoms with Gasteiger partial charge in [-0.05, 0) is 55.6 Å². The van der Waals surface area contributed by atoms with Gasteiger partial charge < -0.3 is 10.6 Å². The quantitative estimate of drug-likeness (QED) is 0.827. The van der Waals surface area contributed by atoms with Crippen molar-refractivity contribution in [1.82, 2.24) is 10.3 Å². The molecule has 1 aliphatic rings. The molecule has 2 rings (SSSR count). The molecule has 1 saturated carbocycles. The van der Waals surface area contributed by atoms with E-state index in [4.69, 9.17) is 12.2 Å². The summed E-state index contributed by atoms with van der Waals surface area (Å²) in [6.07, 6.45) is 6.78. The Balaban J connectivity index is 2.00. The average Bonchev–Trinajstić information content (AvgIpc) is 2.78. The van der Waals surface area contributed by atoms with Crippen molar-refractivity contribution in [2.45, 2.75) is 52.0 Å². The van der Waals surface area contributed by atoms with Crippen LogP contribution in [0, 0.1) is 12.8 Å². The molecule has 1 aromatic heterocycles. The Morgan fingerprint density at radius 2 is 2.05 bits per heavy atom. The van der Waals surface area contributed by atoms with Crippen LogP contribution < -0.4 is 10.6 Å². The van der Waals surface area contributed by atoms with Crippen LogP contribution in [0.4, 0.5) is 5.82 Å². The first-order valence-corrected chi connectivity index (χ1v) is 7.44. The molecule has 0 radical (unpaired) electrons. The summed E-state index contributed by atoms with van der Waals surface area (Å²) in [6, 6.07) is 3.99. The summed E-state index contributed by atoms with van der Waals surface area (Å²) in [5.41, 5.74) is 1.34. The van der Waals surface area contributed by atoms with Crippen LogP contribution >= 0.6 is 12.2 Å². The fraction of sp³-hybridized carbons (Fsp3) is 0.600. The monoisotopic (exact) mass is 277 g/mol. The highest BCUT2D eigenvalue weighted by atomic mass is 32.1. The van der Waals surface area contributed by atoms with Gasteiger partial charge in [0.1, 0.15) is 5.82 Å². The maximum absolute atomic E-state index is 5.44. The molecule has 19 heavy (non-hydrogen) atoms. The molecule has 0 aromatic carbocycles. The van der Waals surface area contributed by atoms with Crippen LogP contribution in [0.25, 0.3) is 0 Å². The second kappa shape index (κ2) is 5.87. The minimum Gasteiger partial charge on any atom is -0.357 e. The first kappa shape index (κ1) is 14.3. The summed E-state index contributed by atoms with van der Waals surface area (Å²) in [5.74, 6) is 1.40. The van der Waals surface area contributed by atoms with E-state index < -0.39 is 0 Å². The molecular formula is C15H23N3S. The predicted molar refractivity (Wildman–Crippen MR) is 84.4 cm³/mol. The van der Waals surface area contributed by atoms with E-state index in [0.29, 0.717) is 11.0 Å². The Bertz CT molecular complexity index is 450. The molecule has 0 aliphatic heterocycles. The second-order valence-electron chi connectivity index (χ2n) is 5.82. The number of hydrogen-bond donors (Lipinski definition) is 2. The summed E-state index contributed by atoms with van der Waals surface area (Å²) in [4.78, 5) is 4.28. The topological polar surface area (TPSA) is 37.0 Å². The lowest BCUT2D eigenvalue weighted by molar-refractivity contribution is 0.283. The molecule has 0 amide bonds. The average molecular weight is 277 g/mol. The van der Waals surface area contributed by atoms with E-state index in [1.807, 2.05) is 12.1 Å². The van der Waals surface area contributed by atoms with E-state index in [0.717, 1.165) is 5.82 Å². The van der Waals surface area contributed by atoms with Crippen molar-refractivity contribution in [2.24, 2.45) is 5.92 Å². The fourth-order valence-electron chi connectivity index (χ4n) is 2.83. The Labute approximate surface area is 121 Å². The third kappa shape index (κ3) is 3.44. The Kier molecular flexibility index (Phi) is 4.40. The number of hydrogen-bond acceptors (Lipinski definition) is 2. The second-order valence-corrected chi connectivity index (χ2v) is 6.22. The molecule has 0 saturated heterocycles. The molecule has 0 bridgehead atoms. The smallest absolute Gasteiger partial charge is 0.172 e. The van der Waals surface area contributed by atoms with E-state index in [2.05, 4.69) is 36.4 Å². The summed E-state index contributed by atoms with van der Waals surface area (Å²) in [6.45, 7) is 6.59. The van der Waals surface area contributed by atoms with Gasteiger partial charge in [-0.1, -0.05) is 26.7 Å². The number of anilines is 1. The van der Waals surface area contributed by atoms with Gasteiger partial charge in [-0.3, -0.25) is 0 Å². The summed E-state index contributed by atoms with van der Waals surface area (Å²) in [7, 11) is 0. The van der Waals surface area contributed by atoms with E-state index in [1.165, 1.54) is 31.2 Å². The van der Waals surface area contributed by atoms with Crippen molar-refractivity contribution in [3.05, 3.63) is 23.9 Å². The number of nitrogens with one attached hydrogen (secondary N) is 2. The number of aromatic nitrogens is 1. The molecular weight excluding hydrogens is 254 g/mol. The largest absolute Gasteiger partial charge is 0.357 e. The highest BCUT2D eigenvalue weighted by Crippen LogP contribution is 2.35. The van der Waals surface area contributed by atoms with Gasteiger partial charge in [0.2, 0.25) is 0 Å². The maximum Gasteiger partial charge on any atom is 0.172 e. The van der Waals surface area contributed by atoms with E-state index in [1.54, 1.807) is 6.20 Å². The molecule has 4 heteroatoms. The van der Waals surface area contributed by atoms with Gasteiger partial charge in [-0.15, -0.1) is 0 Å². The van der Waals surface area contributed by atoms with Crippen LogP contribution in [-0.2, 0) is 0 Å². The number of thiocarbonyl (C=S) groups is 1. The van der Waals surface area contributed by atoms with E-state index in [9.17, 15) is 0 Å². The zero-order valence-corrected chi connectivity index (χ0v) is 12.8. The standard InChI is InChI=1S/C15H23N3S/c1-11(2)15(7-4-5-8-15)18-14(19)17-13-10-12(3)6-9-16-13/h6,9-11H,4-5,7-8H2,1-3H3,(H2,16,17,18,19). The summed E-state index contributed by atoms with van der Waals surface area (Å²) in [5, 5.41) is 7.43. The van der Waals surface area contributed by atoms with Crippen LogP contribution in [0.15, 0.2) is 18.3 Å². The third-order valence-electron chi connectivity index (χ3n) is 4.12. The Morgan fingerprint density at radius 3 is 2.63 bits per heavy atom. The highest BCUT2D eigenvalue weighted by Gasteiger charge is 2.37. The Hall–Kier alpha value is -1.16. The molecule has 0 atom stereocenters. The number of rotatable bonds is 3. The zero-order chi connectivity index (χ0) is 13.9. The molecule has 0 unspecified atom stereocenters. The number of pyridine rings is 1. The van der Waals surface area contributed by atoms with Crippen molar-refractivity contribution in [1.29, 1.82) is 0 Å². The van der Waals surface area contributed by atoms with Crippen LogP contribution in [-0.4, -0.2) is 15.6 Å². The maximum atomic E-state index is 5.44. The minimum atomic E-state index is 0.161. The zero-order valence-electron chi connectivity index (χ0n) is 12.0. The normalized spacial score (nSPS) is 17.5.